The summed E-state index contributed by atoms with van der Waals surface area (Å²) in [5.74, 6) is -2.85. The van der Waals surface area contributed by atoms with Crippen LogP contribution in [0.15, 0.2) is 0 Å². The zero-order chi connectivity index (χ0) is 12.1. The molecule has 0 saturated carbocycles. The second-order valence-electron chi connectivity index (χ2n) is 4.21. The summed E-state index contributed by atoms with van der Waals surface area (Å²) in [7, 11) is 0. The molecule has 0 aliphatic rings. The molecule has 0 aromatic heterocycles. The predicted octanol–water partition coefficient (Wildman–Crippen LogP) is 1.73. The molecular formula is C11H21KO4. The molecule has 4 nitrogen and oxygen atoms in total. The van der Waals surface area contributed by atoms with Crippen LogP contribution in [0.2, 0.25) is 0 Å². The molecule has 0 aromatic carbocycles. The zero-order valence-corrected chi connectivity index (χ0v) is 9.62. The summed E-state index contributed by atoms with van der Waals surface area (Å²) in [5.41, 5.74) is -1.66. The Kier molecular flexibility index (Phi) is 10.2. The van der Waals surface area contributed by atoms with Crippen molar-refractivity contribution in [3.05, 3.63) is 0 Å². The molecule has 1 atom stereocenters. The molecule has 0 saturated heterocycles. The van der Waals surface area contributed by atoms with E-state index in [-0.39, 0.29) is 57.3 Å². The van der Waals surface area contributed by atoms with Gasteiger partial charge in [-0.15, -0.1) is 0 Å². The van der Waals surface area contributed by atoms with Gasteiger partial charge in [-0.3, -0.25) is 9.59 Å². The van der Waals surface area contributed by atoms with Gasteiger partial charge < -0.3 is 10.2 Å². The third-order valence-corrected chi connectivity index (χ3v) is 3.11. The van der Waals surface area contributed by atoms with Crippen LogP contribution in [0.4, 0.5) is 0 Å². The minimum absolute atomic E-state index is 0. The van der Waals surface area contributed by atoms with Crippen molar-refractivity contribution in [2.24, 2.45) is 11.3 Å². The Labute approximate surface area is 139 Å². The van der Waals surface area contributed by atoms with Crippen LogP contribution in [-0.4, -0.2) is 73.5 Å². The van der Waals surface area contributed by atoms with Crippen molar-refractivity contribution in [3.8, 4) is 0 Å². The first-order chi connectivity index (χ1) is 6.87. The Morgan fingerprint density at radius 1 is 1.19 bits per heavy atom. The number of unbranched alkanes of at least 4 members (excludes halogenated alkanes) is 2. The van der Waals surface area contributed by atoms with Gasteiger partial charge in [0, 0.05) is 0 Å². The number of rotatable bonds is 7. The summed E-state index contributed by atoms with van der Waals surface area (Å²) in [6.45, 7) is 5.03. The molecule has 2 N–H and O–H groups in total. The molecule has 16 heavy (non-hydrogen) atoms. The molecule has 0 aliphatic carbocycles. The first-order valence-electron chi connectivity index (χ1n) is 5.34. The maximum absolute atomic E-state index is 11.0. The number of hydrogen-bond acceptors (Lipinski definition) is 2. The van der Waals surface area contributed by atoms with Crippen LogP contribution >= 0.6 is 0 Å². The number of aliphatic carboxylic acids is 2. The molecular weight excluding hydrogens is 235 g/mol. The Balaban J connectivity index is 0. The molecule has 0 radical (unpaired) electrons. The van der Waals surface area contributed by atoms with E-state index < -0.39 is 17.4 Å². The van der Waals surface area contributed by atoms with Crippen molar-refractivity contribution in [3.63, 3.8) is 0 Å². The van der Waals surface area contributed by atoms with E-state index in [1.165, 1.54) is 6.92 Å². The van der Waals surface area contributed by atoms with Gasteiger partial charge >= 0.3 is 63.3 Å². The molecule has 0 rings (SSSR count). The average Bonchev–Trinajstić information content (AvgIpc) is 2.15. The second-order valence-corrected chi connectivity index (χ2v) is 4.21. The summed E-state index contributed by atoms with van der Waals surface area (Å²) in [5, 5.41) is 17.9. The number of carboxylic acid groups (broad SMARTS) is 2. The molecule has 0 heterocycles. The van der Waals surface area contributed by atoms with Crippen LogP contribution < -0.4 is 0 Å². The molecule has 0 aliphatic heterocycles. The summed E-state index contributed by atoms with van der Waals surface area (Å²) >= 11 is 0. The van der Waals surface area contributed by atoms with Crippen LogP contribution in [0.5, 0.6) is 0 Å². The molecule has 1 unspecified atom stereocenters. The fraction of sp³-hybridized carbons (Fsp3) is 0.818. The van der Waals surface area contributed by atoms with Gasteiger partial charge in [0.25, 0.3) is 0 Å². The van der Waals surface area contributed by atoms with E-state index in [1.807, 2.05) is 0 Å². The van der Waals surface area contributed by atoms with E-state index in [0.29, 0.717) is 6.42 Å². The van der Waals surface area contributed by atoms with Crippen LogP contribution in [-0.2, 0) is 9.59 Å². The van der Waals surface area contributed by atoms with Gasteiger partial charge in [0.1, 0.15) is 0 Å². The zero-order valence-electron chi connectivity index (χ0n) is 9.62. The van der Waals surface area contributed by atoms with E-state index in [1.54, 1.807) is 6.92 Å². The molecule has 0 fully saturated rings. The SMILES string of the molecule is CCCCCC(C)C(C)(C(=O)O)C(=O)O.[KH]. The van der Waals surface area contributed by atoms with Gasteiger partial charge in [-0.1, -0.05) is 33.1 Å². The van der Waals surface area contributed by atoms with Crippen molar-refractivity contribution in [2.75, 3.05) is 0 Å². The van der Waals surface area contributed by atoms with Crippen molar-refractivity contribution in [1.82, 2.24) is 0 Å². The Bertz CT molecular complexity index is 226. The van der Waals surface area contributed by atoms with Gasteiger partial charge in [0.15, 0.2) is 5.41 Å². The quantitative estimate of drug-likeness (QED) is 0.413. The van der Waals surface area contributed by atoms with E-state index in [0.717, 1.165) is 19.3 Å². The summed E-state index contributed by atoms with van der Waals surface area (Å²) in [6.07, 6.45) is 3.58. The number of carboxylic acids is 2. The standard InChI is InChI=1S/C11H20O4.K.H/c1-4-5-6-7-8(2)11(3,9(12)13)10(14)15;;/h8H,4-7H2,1-3H3,(H,12,13)(H,14,15);;. The number of hydrogen-bond donors (Lipinski definition) is 2. The maximum atomic E-state index is 11.0. The van der Waals surface area contributed by atoms with Crippen molar-refractivity contribution in [2.45, 2.75) is 46.5 Å². The molecule has 0 aromatic rings. The van der Waals surface area contributed by atoms with Gasteiger partial charge in [-0.05, 0) is 19.3 Å². The van der Waals surface area contributed by atoms with E-state index in [9.17, 15) is 9.59 Å². The molecule has 0 bridgehead atoms. The second kappa shape index (κ2) is 8.64. The summed E-state index contributed by atoms with van der Waals surface area (Å²) in [6, 6.07) is 0. The van der Waals surface area contributed by atoms with Gasteiger partial charge in [0.05, 0.1) is 0 Å². The molecule has 90 valence electrons. The van der Waals surface area contributed by atoms with Crippen LogP contribution in [0.1, 0.15) is 46.5 Å². The molecule has 0 amide bonds. The van der Waals surface area contributed by atoms with Gasteiger partial charge in [-0.2, -0.15) is 0 Å². The Hall–Kier alpha value is 0.576. The van der Waals surface area contributed by atoms with Crippen LogP contribution in [0.3, 0.4) is 0 Å². The average molecular weight is 256 g/mol. The van der Waals surface area contributed by atoms with Crippen molar-refractivity contribution in [1.29, 1.82) is 0 Å². The summed E-state index contributed by atoms with van der Waals surface area (Å²) < 4.78 is 0. The third-order valence-electron chi connectivity index (χ3n) is 3.11. The Morgan fingerprint density at radius 2 is 1.62 bits per heavy atom. The van der Waals surface area contributed by atoms with Crippen LogP contribution in [0.25, 0.3) is 0 Å². The summed E-state index contributed by atoms with van der Waals surface area (Å²) in [4.78, 5) is 21.9. The van der Waals surface area contributed by atoms with Crippen molar-refractivity contribution < 1.29 is 19.8 Å². The third kappa shape index (κ3) is 4.83. The van der Waals surface area contributed by atoms with E-state index >= 15 is 0 Å². The predicted molar refractivity (Wildman–Crippen MR) is 63.8 cm³/mol. The van der Waals surface area contributed by atoms with Gasteiger partial charge in [0.2, 0.25) is 0 Å². The normalized spacial score (nSPS) is 12.7. The van der Waals surface area contributed by atoms with E-state index in [2.05, 4.69) is 6.92 Å². The number of carbonyl (C=O) groups is 2. The fourth-order valence-electron chi connectivity index (χ4n) is 1.50. The Morgan fingerprint density at radius 3 is 1.94 bits per heavy atom. The fourth-order valence-corrected chi connectivity index (χ4v) is 1.50. The van der Waals surface area contributed by atoms with E-state index in [4.69, 9.17) is 10.2 Å². The molecule has 0 spiro atoms. The molecule has 5 heteroatoms. The first-order valence-corrected chi connectivity index (χ1v) is 5.34. The monoisotopic (exact) mass is 256 g/mol. The minimum atomic E-state index is -1.66. The van der Waals surface area contributed by atoms with Gasteiger partial charge in [-0.25, -0.2) is 0 Å². The van der Waals surface area contributed by atoms with Crippen LogP contribution in [0, 0.1) is 11.3 Å². The van der Waals surface area contributed by atoms with Crippen molar-refractivity contribution >= 4 is 63.3 Å². The topological polar surface area (TPSA) is 74.6 Å². The first kappa shape index (κ1) is 18.9.